The van der Waals surface area contributed by atoms with Crippen molar-refractivity contribution in [2.24, 2.45) is 0 Å². The number of sulfonamides is 1. The Balaban J connectivity index is 2.69. The fraction of sp³-hybridized carbons (Fsp3) is 0.308. The number of ether oxygens (including phenoxy) is 1. The van der Waals surface area contributed by atoms with Gasteiger partial charge in [0.25, 0.3) is 0 Å². The highest BCUT2D eigenvalue weighted by atomic mass is 32.2. The number of Topliss-reactive ketones (excluding diaryl/α,β-unsaturated/α-hetero) is 1. The molecule has 1 rings (SSSR count). The van der Waals surface area contributed by atoms with E-state index in [1.807, 2.05) is 0 Å². The number of benzene rings is 1. The van der Waals surface area contributed by atoms with Gasteiger partial charge in [0.1, 0.15) is 0 Å². The minimum atomic E-state index is -3.59. The predicted octanol–water partition coefficient (Wildman–Crippen LogP) is 1.72. The van der Waals surface area contributed by atoms with Crippen molar-refractivity contribution in [2.75, 3.05) is 13.2 Å². The molecule has 0 aliphatic rings. The summed E-state index contributed by atoms with van der Waals surface area (Å²) in [6, 6.07) is 5.95. The third kappa shape index (κ3) is 4.84. The highest BCUT2D eigenvalue weighted by Crippen LogP contribution is 2.11. The van der Waals surface area contributed by atoms with Crippen LogP contribution in [0.25, 0.3) is 0 Å². The Hall–Kier alpha value is -1.66. The minimum Gasteiger partial charge on any atom is -0.502 e. The molecule has 0 aliphatic heterocycles. The summed E-state index contributed by atoms with van der Waals surface area (Å²) in [7, 11) is -3.59. The van der Waals surface area contributed by atoms with E-state index in [2.05, 4.69) is 11.3 Å². The second kappa shape index (κ2) is 7.06. The van der Waals surface area contributed by atoms with Crippen LogP contribution in [0.3, 0.4) is 0 Å². The zero-order chi connectivity index (χ0) is 14.3. The maximum atomic E-state index is 12.0. The molecule has 19 heavy (non-hydrogen) atoms. The molecule has 0 saturated carbocycles. The van der Waals surface area contributed by atoms with Gasteiger partial charge in [0.2, 0.25) is 10.0 Å². The summed E-state index contributed by atoms with van der Waals surface area (Å²) in [6.45, 7) is 5.45. The van der Waals surface area contributed by atoms with E-state index in [4.69, 9.17) is 4.74 Å². The van der Waals surface area contributed by atoms with E-state index < -0.39 is 10.0 Å². The molecule has 0 radical (unpaired) electrons. The van der Waals surface area contributed by atoms with Crippen molar-refractivity contribution in [3.63, 3.8) is 0 Å². The molecule has 1 aromatic rings. The molecule has 5 nitrogen and oxygen atoms in total. The molecule has 1 N–H and O–H groups in total. The molecule has 0 unspecified atom stereocenters. The largest absolute Gasteiger partial charge is 0.502 e. The van der Waals surface area contributed by atoms with Crippen molar-refractivity contribution in [2.45, 2.75) is 18.2 Å². The number of nitrogens with one attached hydrogen (secondary N) is 1. The van der Waals surface area contributed by atoms with Crippen LogP contribution < -0.4 is 4.72 Å². The molecule has 0 fully saturated rings. The predicted molar refractivity (Wildman–Crippen MR) is 72.4 cm³/mol. The lowest BCUT2D eigenvalue weighted by atomic mass is 10.2. The number of carbonyl (C=O) groups excluding carboxylic acids is 1. The highest BCUT2D eigenvalue weighted by Gasteiger charge is 2.14. The van der Waals surface area contributed by atoms with Crippen molar-refractivity contribution in [3.05, 3.63) is 42.7 Å². The third-order valence-electron chi connectivity index (χ3n) is 2.40. The maximum Gasteiger partial charge on any atom is 0.240 e. The molecule has 0 atom stereocenters. The zero-order valence-electron chi connectivity index (χ0n) is 10.8. The molecule has 0 bridgehead atoms. The Morgan fingerprint density at radius 3 is 2.84 bits per heavy atom. The number of hydrogen-bond donors (Lipinski definition) is 1. The summed E-state index contributed by atoms with van der Waals surface area (Å²) >= 11 is 0. The number of hydrogen-bond acceptors (Lipinski definition) is 4. The van der Waals surface area contributed by atoms with Crippen LogP contribution in [0.1, 0.15) is 23.7 Å². The van der Waals surface area contributed by atoms with Crippen LogP contribution in [0.5, 0.6) is 0 Å². The van der Waals surface area contributed by atoms with E-state index in [1.165, 1.54) is 25.3 Å². The van der Waals surface area contributed by atoms with E-state index >= 15 is 0 Å². The van der Waals surface area contributed by atoms with Crippen molar-refractivity contribution in [3.8, 4) is 0 Å². The van der Waals surface area contributed by atoms with Gasteiger partial charge in [-0.15, -0.1) is 0 Å². The first-order valence-electron chi connectivity index (χ1n) is 5.80. The van der Waals surface area contributed by atoms with Gasteiger partial charge >= 0.3 is 0 Å². The summed E-state index contributed by atoms with van der Waals surface area (Å²) in [5.41, 5.74) is 0.373. The third-order valence-corrected chi connectivity index (χ3v) is 3.86. The first-order valence-corrected chi connectivity index (χ1v) is 7.29. The Morgan fingerprint density at radius 2 is 2.21 bits per heavy atom. The molecule has 0 amide bonds. The van der Waals surface area contributed by atoms with E-state index in [0.29, 0.717) is 18.6 Å². The van der Waals surface area contributed by atoms with Crippen molar-refractivity contribution >= 4 is 15.8 Å². The normalized spacial score (nSPS) is 11.0. The minimum absolute atomic E-state index is 0.0878. The van der Waals surface area contributed by atoms with Gasteiger partial charge in [-0.1, -0.05) is 18.7 Å². The first kappa shape index (κ1) is 15.4. The molecule has 0 heterocycles. The average Bonchev–Trinajstić information content (AvgIpc) is 2.38. The molecule has 6 heteroatoms. The summed E-state index contributed by atoms with van der Waals surface area (Å²) in [5, 5.41) is 0. The van der Waals surface area contributed by atoms with Gasteiger partial charge in [-0.2, -0.15) is 0 Å². The van der Waals surface area contributed by atoms with Crippen LogP contribution in [-0.4, -0.2) is 27.4 Å². The topological polar surface area (TPSA) is 72.5 Å². The van der Waals surface area contributed by atoms with Crippen LogP contribution in [-0.2, 0) is 14.8 Å². The first-order chi connectivity index (χ1) is 8.97. The number of carbonyl (C=O) groups is 1. The van der Waals surface area contributed by atoms with Crippen LogP contribution in [0.2, 0.25) is 0 Å². The lowest BCUT2D eigenvalue weighted by Gasteiger charge is -2.07. The Kier molecular flexibility index (Phi) is 5.72. The average molecular weight is 283 g/mol. The van der Waals surface area contributed by atoms with Crippen LogP contribution in [0.15, 0.2) is 42.0 Å². The number of rotatable bonds is 8. The van der Waals surface area contributed by atoms with E-state index in [-0.39, 0.29) is 17.2 Å². The SMILES string of the molecule is C=COCCCNS(=O)(=O)c1cccc(C(C)=O)c1. The molecular formula is C13H17NO4S. The van der Waals surface area contributed by atoms with Gasteiger partial charge in [-0.25, -0.2) is 13.1 Å². The van der Waals surface area contributed by atoms with Gasteiger partial charge < -0.3 is 4.74 Å². The smallest absolute Gasteiger partial charge is 0.240 e. The van der Waals surface area contributed by atoms with E-state index in [9.17, 15) is 13.2 Å². The van der Waals surface area contributed by atoms with Crippen molar-refractivity contribution in [1.82, 2.24) is 4.72 Å². The fourth-order valence-electron chi connectivity index (χ4n) is 1.41. The Labute approximate surface area is 113 Å². The monoisotopic (exact) mass is 283 g/mol. The van der Waals surface area contributed by atoms with Crippen molar-refractivity contribution < 1.29 is 17.9 Å². The molecule has 0 aromatic heterocycles. The van der Waals surface area contributed by atoms with E-state index in [0.717, 1.165) is 0 Å². The van der Waals surface area contributed by atoms with Gasteiger partial charge in [0.15, 0.2) is 5.78 Å². The van der Waals surface area contributed by atoms with Gasteiger partial charge in [-0.3, -0.25) is 4.79 Å². The second-order valence-electron chi connectivity index (χ2n) is 3.87. The quantitative estimate of drug-likeness (QED) is 0.448. The zero-order valence-corrected chi connectivity index (χ0v) is 11.6. The van der Waals surface area contributed by atoms with Gasteiger partial charge in [0, 0.05) is 12.1 Å². The summed E-state index contributed by atoms with van der Waals surface area (Å²) in [6.07, 6.45) is 1.85. The van der Waals surface area contributed by atoms with Gasteiger partial charge in [-0.05, 0) is 25.5 Å². The van der Waals surface area contributed by atoms with Crippen molar-refractivity contribution in [1.29, 1.82) is 0 Å². The molecule has 1 aromatic carbocycles. The Bertz CT molecular complexity index is 552. The highest BCUT2D eigenvalue weighted by molar-refractivity contribution is 7.89. The molecule has 104 valence electrons. The summed E-state index contributed by atoms with van der Waals surface area (Å²) in [4.78, 5) is 11.3. The number of ketones is 1. The molecular weight excluding hydrogens is 266 g/mol. The molecule has 0 saturated heterocycles. The summed E-state index contributed by atoms with van der Waals surface area (Å²) < 4.78 is 31.2. The van der Waals surface area contributed by atoms with Crippen LogP contribution >= 0.6 is 0 Å². The lowest BCUT2D eigenvalue weighted by Crippen LogP contribution is -2.25. The standard InChI is InChI=1S/C13H17NO4S/c1-3-18-9-5-8-14-19(16,17)13-7-4-6-12(10-13)11(2)15/h3-4,6-7,10,14H,1,5,8-9H2,2H3. The van der Waals surface area contributed by atoms with Crippen LogP contribution in [0.4, 0.5) is 0 Å². The maximum absolute atomic E-state index is 12.0. The molecule has 0 aliphatic carbocycles. The second-order valence-corrected chi connectivity index (χ2v) is 5.64. The van der Waals surface area contributed by atoms with Crippen LogP contribution in [0, 0.1) is 0 Å². The summed E-state index contributed by atoms with van der Waals surface area (Å²) in [5.74, 6) is -0.170. The van der Waals surface area contributed by atoms with E-state index in [1.54, 1.807) is 12.1 Å². The Morgan fingerprint density at radius 1 is 1.47 bits per heavy atom. The lowest BCUT2D eigenvalue weighted by molar-refractivity contribution is 0.101. The van der Waals surface area contributed by atoms with Gasteiger partial charge in [0.05, 0.1) is 17.8 Å². The fourth-order valence-corrected chi connectivity index (χ4v) is 2.53. The molecule has 0 spiro atoms.